The number of carbonyl (C=O) groups excluding carboxylic acids is 2. The molecule has 1 aliphatic heterocycles. The van der Waals surface area contributed by atoms with E-state index >= 15 is 0 Å². The Hall–Kier alpha value is -2.55. The zero-order valence-corrected chi connectivity index (χ0v) is 17.7. The lowest BCUT2D eigenvalue weighted by atomic mass is 10.1. The molecule has 0 bridgehead atoms. The number of aryl methyl sites for hydroxylation is 1. The van der Waals surface area contributed by atoms with E-state index in [4.69, 9.17) is 5.73 Å². The van der Waals surface area contributed by atoms with Crippen molar-refractivity contribution in [2.24, 2.45) is 5.73 Å². The van der Waals surface area contributed by atoms with Gasteiger partial charge in [0, 0.05) is 12.2 Å². The number of aromatic nitrogens is 1. The summed E-state index contributed by atoms with van der Waals surface area (Å²) >= 11 is 3.01. The molecule has 0 radical (unpaired) electrons. The van der Waals surface area contributed by atoms with Crippen molar-refractivity contribution in [3.63, 3.8) is 0 Å². The van der Waals surface area contributed by atoms with Gasteiger partial charge in [0.05, 0.1) is 16.6 Å². The maximum atomic E-state index is 13.0. The summed E-state index contributed by atoms with van der Waals surface area (Å²) in [5.74, 6) is -0.450. The van der Waals surface area contributed by atoms with E-state index in [0.29, 0.717) is 11.4 Å². The second-order valence-electron chi connectivity index (χ2n) is 7.05. The second kappa shape index (κ2) is 8.44. The van der Waals surface area contributed by atoms with Gasteiger partial charge in [0.15, 0.2) is 0 Å². The van der Waals surface area contributed by atoms with E-state index in [1.807, 2.05) is 48.7 Å². The monoisotopic (exact) mass is 426 g/mol. The van der Waals surface area contributed by atoms with Crippen molar-refractivity contribution in [2.45, 2.75) is 32.4 Å². The average molecular weight is 427 g/mol. The van der Waals surface area contributed by atoms with Crippen LogP contribution in [0.2, 0.25) is 0 Å². The number of rotatable bonds is 6. The lowest BCUT2D eigenvalue weighted by Gasteiger charge is -2.23. The Balaban J connectivity index is 1.53. The molecule has 2 aromatic heterocycles. The Morgan fingerprint density at radius 2 is 2.10 bits per heavy atom. The third kappa shape index (κ3) is 4.24. The molecule has 3 heterocycles. The number of amides is 2. The highest BCUT2D eigenvalue weighted by Crippen LogP contribution is 2.32. The van der Waals surface area contributed by atoms with E-state index in [0.717, 1.165) is 46.2 Å². The molecule has 4 rings (SSSR count). The molecule has 0 saturated carbocycles. The Morgan fingerprint density at radius 3 is 2.86 bits per heavy atom. The number of nitrogens with one attached hydrogen (secondary N) is 1. The normalized spacial score (nSPS) is 16.8. The molecule has 3 N–H and O–H groups in total. The molecule has 2 amide bonds. The topological polar surface area (TPSA) is 88.3 Å². The molecular weight excluding hydrogens is 404 g/mol. The van der Waals surface area contributed by atoms with Crippen LogP contribution >= 0.6 is 22.7 Å². The number of para-hydroxylation sites is 1. The van der Waals surface area contributed by atoms with E-state index in [9.17, 15) is 9.59 Å². The summed E-state index contributed by atoms with van der Waals surface area (Å²) in [4.78, 5) is 33.0. The average Bonchev–Trinajstić information content (AvgIpc) is 3.43. The highest BCUT2D eigenvalue weighted by atomic mass is 32.1. The molecule has 1 aliphatic rings. The fourth-order valence-electron chi connectivity index (χ4n) is 3.63. The number of thiophene rings is 1. The quantitative estimate of drug-likeness (QED) is 0.626. The van der Waals surface area contributed by atoms with Crippen LogP contribution < -0.4 is 11.1 Å². The van der Waals surface area contributed by atoms with Crippen molar-refractivity contribution in [3.05, 3.63) is 57.9 Å². The van der Waals surface area contributed by atoms with Gasteiger partial charge in [0.1, 0.15) is 9.88 Å². The van der Waals surface area contributed by atoms with Gasteiger partial charge in [-0.05, 0) is 49.4 Å². The number of thiazole rings is 1. The van der Waals surface area contributed by atoms with Gasteiger partial charge in [-0.3, -0.25) is 14.5 Å². The largest absolute Gasteiger partial charge is 0.368 e. The number of hydrogen-bond acceptors (Lipinski definition) is 6. The first-order valence-electron chi connectivity index (χ1n) is 9.47. The van der Waals surface area contributed by atoms with E-state index in [1.54, 1.807) is 11.3 Å². The Labute approximate surface area is 177 Å². The van der Waals surface area contributed by atoms with Crippen molar-refractivity contribution in [2.75, 3.05) is 11.9 Å². The predicted molar refractivity (Wildman–Crippen MR) is 117 cm³/mol. The number of nitrogens with two attached hydrogens (primary N) is 1. The van der Waals surface area contributed by atoms with Gasteiger partial charge in [-0.2, -0.15) is 0 Å². The lowest BCUT2D eigenvalue weighted by molar-refractivity contribution is -0.122. The fraction of sp³-hybridized carbons (Fsp3) is 0.286. The van der Waals surface area contributed by atoms with Crippen molar-refractivity contribution < 1.29 is 9.59 Å². The minimum atomic E-state index is -0.287. The molecule has 1 saturated heterocycles. The standard InChI is InChI=1S/C21H22N4O2S2/c1-13-18(29-21(23-13)17-9-5-11-28-17)20(27)24-15-7-3-2-6-14(15)12-25-10-4-8-16(25)19(22)26/h2-3,5-7,9,11,16H,4,8,10,12H2,1H3,(H2,22,26)(H,24,27). The van der Waals surface area contributed by atoms with Crippen LogP contribution in [0.25, 0.3) is 9.88 Å². The van der Waals surface area contributed by atoms with Crippen LogP contribution in [0.3, 0.4) is 0 Å². The third-order valence-corrected chi connectivity index (χ3v) is 7.26. The highest BCUT2D eigenvalue weighted by Gasteiger charge is 2.29. The fourth-order valence-corrected chi connectivity index (χ4v) is 5.39. The summed E-state index contributed by atoms with van der Waals surface area (Å²) < 4.78 is 0. The van der Waals surface area contributed by atoms with Crippen molar-refractivity contribution in [1.82, 2.24) is 9.88 Å². The molecule has 6 nitrogen and oxygen atoms in total. The number of likely N-dealkylation sites (tertiary alicyclic amines) is 1. The molecule has 150 valence electrons. The summed E-state index contributed by atoms with van der Waals surface area (Å²) in [6.45, 7) is 3.26. The van der Waals surface area contributed by atoms with Gasteiger partial charge in [0.25, 0.3) is 5.91 Å². The van der Waals surface area contributed by atoms with Crippen LogP contribution in [0, 0.1) is 6.92 Å². The zero-order valence-electron chi connectivity index (χ0n) is 16.1. The summed E-state index contributed by atoms with van der Waals surface area (Å²) in [5.41, 5.74) is 7.98. The predicted octanol–water partition coefficient (Wildman–Crippen LogP) is 3.88. The van der Waals surface area contributed by atoms with Crippen LogP contribution in [0.15, 0.2) is 41.8 Å². The molecule has 3 aromatic rings. The van der Waals surface area contributed by atoms with Gasteiger partial charge in [-0.15, -0.1) is 22.7 Å². The summed E-state index contributed by atoms with van der Waals surface area (Å²) in [6, 6.07) is 11.4. The first-order valence-corrected chi connectivity index (χ1v) is 11.2. The maximum absolute atomic E-state index is 13.0. The smallest absolute Gasteiger partial charge is 0.267 e. The van der Waals surface area contributed by atoms with Crippen LogP contribution in [0.5, 0.6) is 0 Å². The zero-order chi connectivity index (χ0) is 20.4. The van der Waals surface area contributed by atoms with Crippen molar-refractivity contribution in [3.8, 4) is 9.88 Å². The van der Waals surface area contributed by atoms with Crippen LogP contribution in [-0.2, 0) is 11.3 Å². The van der Waals surface area contributed by atoms with Crippen LogP contribution in [0.1, 0.15) is 33.8 Å². The van der Waals surface area contributed by atoms with Gasteiger partial charge in [0.2, 0.25) is 5.91 Å². The lowest BCUT2D eigenvalue weighted by Crippen LogP contribution is -2.39. The number of primary amides is 1. The van der Waals surface area contributed by atoms with Gasteiger partial charge in [-0.25, -0.2) is 4.98 Å². The van der Waals surface area contributed by atoms with E-state index in [-0.39, 0.29) is 17.9 Å². The molecule has 29 heavy (non-hydrogen) atoms. The Kier molecular flexibility index (Phi) is 5.75. The Bertz CT molecular complexity index is 1030. The summed E-state index contributed by atoms with van der Waals surface area (Å²) in [5, 5.41) is 5.89. The molecule has 8 heteroatoms. The van der Waals surface area contributed by atoms with Crippen LogP contribution in [0.4, 0.5) is 5.69 Å². The van der Waals surface area contributed by atoms with Gasteiger partial charge in [-0.1, -0.05) is 24.3 Å². The number of benzene rings is 1. The minimum Gasteiger partial charge on any atom is -0.368 e. The SMILES string of the molecule is Cc1nc(-c2cccs2)sc1C(=O)Nc1ccccc1CN1CCCC1C(N)=O. The molecule has 1 aromatic carbocycles. The summed E-state index contributed by atoms with van der Waals surface area (Å²) in [7, 11) is 0. The van der Waals surface area contributed by atoms with Crippen molar-refractivity contribution >= 4 is 40.2 Å². The van der Waals surface area contributed by atoms with Gasteiger partial charge >= 0.3 is 0 Å². The molecule has 1 atom stereocenters. The highest BCUT2D eigenvalue weighted by molar-refractivity contribution is 7.22. The molecular formula is C21H22N4O2S2. The first kappa shape index (κ1) is 19.8. The van der Waals surface area contributed by atoms with Crippen molar-refractivity contribution in [1.29, 1.82) is 0 Å². The number of nitrogens with zero attached hydrogens (tertiary/aromatic N) is 2. The number of carbonyl (C=O) groups is 2. The molecule has 1 fully saturated rings. The minimum absolute atomic E-state index is 0.164. The van der Waals surface area contributed by atoms with E-state index in [2.05, 4.69) is 15.2 Å². The summed E-state index contributed by atoms with van der Waals surface area (Å²) in [6.07, 6.45) is 1.74. The van der Waals surface area contributed by atoms with Gasteiger partial charge < -0.3 is 11.1 Å². The molecule has 0 aliphatic carbocycles. The molecule has 1 unspecified atom stereocenters. The molecule has 0 spiro atoms. The first-order chi connectivity index (χ1) is 14.0. The Morgan fingerprint density at radius 1 is 1.28 bits per heavy atom. The van der Waals surface area contributed by atoms with E-state index < -0.39 is 0 Å². The van der Waals surface area contributed by atoms with E-state index in [1.165, 1.54) is 11.3 Å². The van der Waals surface area contributed by atoms with Crippen LogP contribution in [-0.4, -0.2) is 34.3 Å². The number of hydrogen-bond donors (Lipinski definition) is 2. The number of anilines is 1. The third-order valence-electron chi connectivity index (χ3n) is 5.07. The second-order valence-corrected chi connectivity index (χ2v) is 9.00. The maximum Gasteiger partial charge on any atom is 0.267 e.